The second-order valence-corrected chi connectivity index (χ2v) is 5.76. The number of benzene rings is 2. The van der Waals surface area contributed by atoms with Gasteiger partial charge in [-0.3, -0.25) is 4.79 Å². The molecular formula is C19H15ClFN3O. The molecule has 0 aliphatic heterocycles. The van der Waals surface area contributed by atoms with Gasteiger partial charge in [0, 0.05) is 18.4 Å². The lowest BCUT2D eigenvalue weighted by molar-refractivity contribution is 0.102. The first kappa shape index (κ1) is 16.9. The van der Waals surface area contributed by atoms with Crippen molar-refractivity contribution in [1.29, 1.82) is 0 Å². The summed E-state index contributed by atoms with van der Waals surface area (Å²) < 4.78 is 13.1. The standard InChI is InChI=1S/C19H15ClFN3O/c20-16-10-15(7-8-17(16)21)24-19(25)14-6-9-18(23-12-14)22-11-13-4-2-1-3-5-13/h1-10,12H,11H2,(H,22,23)(H,24,25). The van der Waals surface area contributed by atoms with Crippen LogP contribution in [0.15, 0.2) is 66.9 Å². The van der Waals surface area contributed by atoms with Crippen molar-refractivity contribution in [2.24, 2.45) is 0 Å². The molecule has 0 atom stereocenters. The maximum absolute atomic E-state index is 13.1. The van der Waals surface area contributed by atoms with Gasteiger partial charge in [0.25, 0.3) is 5.91 Å². The Kier molecular flexibility index (Phi) is 5.26. The number of nitrogens with zero attached hydrogens (tertiary/aromatic N) is 1. The smallest absolute Gasteiger partial charge is 0.257 e. The molecule has 126 valence electrons. The van der Waals surface area contributed by atoms with Crippen molar-refractivity contribution in [3.05, 3.63) is 88.8 Å². The molecule has 25 heavy (non-hydrogen) atoms. The van der Waals surface area contributed by atoms with Crippen molar-refractivity contribution in [2.75, 3.05) is 10.6 Å². The maximum atomic E-state index is 13.1. The predicted molar refractivity (Wildman–Crippen MR) is 97.4 cm³/mol. The monoisotopic (exact) mass is 355 g/mol. The molecule has 0 radical (unpaired) electrons. The largest absolute Gasteiger partial charge is 0.366 e. The molecule has 0 aliphatic carbocycles. The molecule has 2 aromatic carbocycles. The minimum absolute atomic E-state index is 0.0450. The first-order chi connectivity index (χ1) is 12.1. The summed E-state index contributed by atoms with van der Waals surface area (Å²) >= 11 is 5.70. The summed E-state index contributed by atoms with van der Waals surface area (Å²) in [5, 5.41) is 5.80. The minimum atomic E-state index is -0.532. The van der Waals surface area contributed by atoms with E-state index in [9.17, 15) is 9.18 Å². The number of halogens is 2. The number of aromatic nitrogens is 1. The summed E-state index contributed by atoms with van der Waals surface area (Å²) in [5.74, 6) is -0.204. The number of carbonyl (C=O) groups is 1. The third-order valence-electron chi connectivity index (χ3n) is 3.52. The van der Waals surface area contributed by atoms with Gasteiger partial charge in [-0.05, 0) is 35.9 Å². The second-order valence-electron chi connectivity index (χ2n) is 5.35. The Hall–Kier alpha value is -2.92. The highest BCUT2D eigenvalue weighted by Crippen LogP contribution is 2.20. The first-order valence-electron chi connectivity index (χ1n) is 7.62. The van der Waals surface area contributed by atoms with E-state index in [1.54, 1.807) is 12.1 Å². The molecule has 0 saturated carbocycles. The number of rotatable bonds is 5. The van der Waals surface area contributed by atoms with E-state index in [1.165, 1.54) is 24.4 Å². The summed E-state index contributed by atoms with van der Waals surface area (Å²) in [7, 11) is 0. The SMILES string of the molecule is O=C(Nc1ccc(F)c(Cl)c1)c1ccc(NCc2ccccc2)nc1. The van der Waals surface area contributed by atoms with Crippen LogP contribution in [0.3, 0.4) is 0 Å². The number of amides is 1. The van der Waals surface area contributed by atoms with Gasteiger partial charge in [-0.25, -0.2) is 9.37 Å². The van der Waals surface area contributed by atoms with E-state index in [-0.39, 0.29) is 10.9 Å². The number of hydrogen-bond acceptors (Lipinski definition) is 3. The molecule has 0 fully saturated rings. The summed E-state index contributed by atoms with van der Waals surface area (Å²) in [6, 6.07) is 17.3. The highest BCUT2D eigenvalue weighted by Gasteiger charge is 2.08. The highest BCUT2D eigenvalue weighted by molar-refractivity contribution is 6.31. The second kappa shape index (κ2) is 7.77. The molecule has 6 heteroatoms. The number of pyridine rings is 1. The van der Waals surface area contributed by atoms with Crippen molar-refractivity contribution >= 4 is 29.0 Å². The molecule has 3 aromatic rings. The molecule has 0 saturated heterocycles. The van der Waals surface area contributed by atoms with Crippen LogP contribution in [-0.2, 0) is 6.54 Å². The van der Waals surface area contributed by atoms with Gasteiger partial charge in [-0.2, -0.15) is 0 Å². The number of hydrogen-bond donors (Lipinski definition) is 2. The number of anilines is 2. The van der Waals surface area contributed by atoms with Crippen molar-refractivity contribution in [2.45, 2.75) is 6.54 Å². The lowest BCUT2D eigenvalue weighted by Gasteiger charge is -2.08. The molecule has 2 N–H and O–H groups in total. The summed E-state index contributed by atoms with van der Waals surface area (Å²) in [4.78, 5) is 16.4. The lowest BCUT2D eigenvalue weighted by atomic mass is 10.2. The summed E-state index contributed by atoms with van der Waals surface area (Å²) in [6.45, 7) is 0.646. The van der Waals surface area contributed by atoms with Crippen LogP contribution in [0.25, 0.3) is 0 Å². The molecular weight excluding hydrogens is 341 g/mol. The molecule has 0 bridgehead atoms. The van der Waals surface area contributed by atoms with Crippen molar-refractivity contribution in [3.8, 4) is 0 Å². The zero-order valence-electron chi connectivity index (χ0n) is 13.2. The molecule has 3 rings (SSSR count). The van der Waals surface area contributed by atoms with Gasteiger partial charge in [-0.1, -0.05) is 41.9 Å². The van der Waals surface area contributed by atoms with Crippen molar-refractivity contribution in [1.82, 2.24) is 4.98 Å². The third-order valence-corrected chi connectivity index (χ3v) is 3.81. The molecule has 4 nitrogen and oxygen atoms in total. The quantitative estimate of drug-likeness (QED) is 0.695. The Morgan fingerprint density at radius 2 is 1.88 bits per heavy atom. The zero-order valence-corrected chi connectivity index (χ0v) is 13.9. The number of nitrogens with one attached hydrogen (secondary N) is 2. The van der Waals surface area contributed by atoms with Gasteiger partial charge in [0.15, 0.2) is 0 Å². The van der Waals surface area contributed by atoms with Crippen molar-refractivity contribution in [3.63, 3.8) is 0 Å². The molecule has 0 aliphatic rings. The average molecular weight is 356 g/mol. The van der Waals surface area contributed by atoms with Crippen LogP contribution in [0, 0.1) is 5.82 Å². The van der Waals surface area contributed by atoms with E-state index >= 15 is 0 Å². The highest BCUT2D eigenvalue weighted by atomic mass is 35.5. The Morgan fingerprint density at radius 1 is 1.08 bits per heavy atom. The van der Waals surface area contributed by atoms with E-state index < -0.39 is 5.82 Å². The Labute approximate surface area is 149 Å². The first-order valence-corrected chi connectivity index (χ1v) is 8.00. The fourth-order valence-electron chi connectivity index (χ4n) is 2.20. The van der Waals surface area contributed by atoms with E-state index in [1.807, 2.05) is 30.3 Å². The topological polar surface area (TPSA) is 54.0 Å². The van der Waals surface area contributed by atoms with Crippen molar-refractivity contribution < 1.29 is 9.18 Å². The molecule has 0 spiro atoms. The molecule has 1 amide bonds. The molecule has 1 heterocycles. The average Bonchev–Trinajstić information content (AvgIpc) is 2.64. The van der Waals surface area contributed by atoms with E-state index in [0.717, 1.165) is 5.56 Å². The fourth-order valence-corrected chi connectivity index (χ4v) is 2.38. The van der Waals surface area contributed by atoms with Gasteiger partial charge >= 0.3 is 0 Å². The fraction of sp³-hybridized carbons (Fsp3) is 0.0526. The van der Waals surface area contributed by atoms with Crippen LogP contribution in [0.5, 0.6) is 0 Å². The third kappa shape index (κ3) is 4.55. The zero-order chi connectivity index (χ0) is 17.6. The van der Waals surface area contributed by atoms with E-state index in [4.69, 9.17) is 11.6 Å². The van der Waals surface area contributed by atoms with Crippen LogP contribution < -0.4 is 10.6 Å². The lowest BCUT2D eigenvalue weighted by Crippen LogP contribution is -2.12. The molecule has 0 unspecified atom stereocenters. The number of carbonyl (C=O) groups excluding carboxylic acids is 1. The predicted octanol–water partition coefficient (Wildman–Crippen LogP) is 4.74. The Morgan fingerprint density at radius 3 is 2.56 bits per heavy atom. The van der Waals surface area contributed by atoms with E-state index in [2.05, 4.69) is 15.6 Å². The summed E-state index contributed by atoms with van der Waals surface area (Å²) in [6.07, 6.45) is 1.48. The van der Waals surface area contributed by atoms with Gasteiger partial charge in [0.2, 0.25) is 0 Å². The van der Waals surface area contributed by atoms with Crippen LogP contribution in [0.4, 0.5) is 15.9 Å². The van der Waals surface area contributed by atoms with E-state index in [0.29, 0.717) is 23.6 Å². The summed E-state index contributed by atoms with van der Waals surface area (Å²) in [5.41, 5.74) is 1.95. The van der Waals surface area contributed by atoms with Crippen LogP contribution in [0.2, 0.25) is 5.02 Å². The van der Waals surface area contributed by atoms with Crippen LogP contribution in [-0.4, -0.2) is 10.9 Å². The maximum Gasteiger partial charge on any atom is 0.257 e. The van der Waals surface area contributed by atoms with Gasteiger partial charge in [0.1, 0.15) is 11.6 Å². The Bertz CT molecular complexity index is 870. The van der Waals surface area contributed by atoms with Gasteiger partial charge < -0.3 is 10.6 Å². The van der Waals surface area contributed by atoms with Gasteiger partial charge in [0.05, 0.1) is 10.6 Å². The molecule has 1 aromatic heterocycles. The van der Waals surface area contributed by atoms with Crippen LogP contribution >= 0.6 is 11.6 Å². The Balaban J connectivity index is 1.61. The van der Waals surface area contributed by atoms with Crippen LogP contribution in [0.1, 0.15) is 15.9 Å². The minimum Gasteiger partial charge on any atom is -0.366 e. The normalized spacial score (nSPS) is 10.3. The van der Waals surface area contributed by atoms with Gasteiger partial charge in [-0.15, -0.1) is 0 Å².